The molecule has 1 saturated carbocycles. The molecule has 2 nitrogen and oxygen atoms in total. The van der Waals surface area contributed by atoms with E-state index in [1.165, 1.54) is 36.8 Å². The molecule has 1 atom stereocenters. The number of hydrogen-bond acceptors (Lipinski definition) is 2. The first-order chi connectivity index (χ1) is 9.30. The van der Waals surface area contributed by atoms with Crippen molar-refractivity contribution in [2.75, 3.05) is 13.7 Å². The number of methoxy groups -OCH3 is 1. The van der Waals surface area contributed by atoms with Crippen LogP contribution in [0.3, 0.4) is 0 Å². The molecule has 0 radical (unpaired) electrons. The summed E-state index contributed by atoms with van der Waals surface area (Å²) in [5.74, 6) is 2.49. The molecule has 1 unspecified atom stereocenters. The molecule has 1 aromatic rings. The van der Waals surface area contributed by atoms with Crippen LogP contribution in [-0.4, -0.2) is 13.7 Å². The summed E-state index contributed by atoms with van der Waals surface area (Å²) >= 11 is 0. The highest BCUT2D eigenvalue weighted by Crippen LogP contribution is 2.40. The first kappa shape index (κ1) is 14.4. The summed E-state index contributed by atoms with van der Waals surface area (Å²) in [5, 5.41) is 0. The van der Waals surface area contributed by atoms with Gasteiger partial charge in [0.1, 0.15) is 5.75 Å². The topological polar surface area (TPSA) is 35.2 Å². The van der Waals surface area contributed by atoms with E-state index < -0.39 is 0 Å². The normalized spacial score (nSPS) is 17.6. The Hall–Kier alpha value is -1.02. The minimum atomic E-state index is 0.642. The Morgan fingerprint density at radius 2 is 2.05 bits per heavy atom. The summed E-state index contributed by atoms with van der Waals surface area (Å²) < 4.78 is 5.43. The van der Waals surface area contributed by atoms with E-state index in [0.717, 1.165) is 31.1 Å². The quantitative estimate of drug-likeness (QED) is 0.843. The van der Waals surface area contributed by atoms with E-state index in [1.807, 2.05) is 0 Å². The molecule has 1 fully saturated rings. The molecule has 2 rings (SSSR count). The molecule has 0 aliphatic heterocycles. The fourth-order valence-corrected chi connectivity index (χ4v) is 3.52. The summed E-state index contributed by atoms with van der Waals surface area (Å²) in [7, 11) is 1.75. The summed E-state index contributed by atoms with van der Waals surface area (Å²) in [4.78, 5) is 0. The number of aryl methyl sites for hydroxylation is 1. The second-order valence-corrected chi connectivity index (χ2v) is 5.65. The Bertz CT molecular complexity index is 396. The average Bonchev–Trinajstić information content (AvgIpc) is 2.98. The molecule has 19 heavy (non-hydrogen) atoms. The van der Waals surface area contributed by atoms with Crippen molar-refractivity contribution in [2.24, 2.45) is 11.7 Å². The van der Waals surface area contributed by atoms with Crippen LogP contribution in [0.2, 0.25) is 0 Å². The smallest absolute Gasteiger partial charge is 0.122 e. The number of ether oxygens (including phenoxy) is 1. The zero-order valence-electron chi connectivity index (χ0n) is 12.3. The molecule has 1 aliphatic carbocycles. The number of nitrogens with two attached hydrogens (primary N) is 1. The molecule has 0 saturated heterocycles. The minimum absolute atomic E-state index is 0.642. The SMILES string of the molecule is CCc1cc(C(CCN)C2CCCC2)ccc1OC. The number of hydrogen-bond donors (Lipinski definition) is 1. The summed E-state index contributed by atoms with van der Waals surface area (Å²) in [6.07, 6.45) is 7.67. The lowest BCUT2D eigenvalue weighted by Gasteiger charge is -2.24. The molecule has 1 aliphatic rings. The minimum Gasteiger partial charge on any atom is -0.496 e. The first-order valence-electron chi connectivity index (χ1n) is 7.67. The predicted octanol–water partition coefficient (Wildman–Crippen LogP) is 3.88. The highest BCUT2D eigenvalue weighted by Gasteiger charge is 2.26. The van der Waals surface area contributed by atoms with Gasteiger partial charge in [-0.1, -0.05) is 31.9 Å². The molecule has 2 heteroatoms. The predicted molar refractivity (Wildman–Crippen MR) is 80.7 cm³/mol. The van der Waals surface area contributed by atoms with Crippen molar-refractivity contribution >= 4 is 0 Å². The van der Waals surface area contributed by atoms with Crippen LogP contribution in [0.25, 0.3) is 0 Å². The van der Waals surface area contributed by atoms with Gasteiger partial charge in [0.15, 0.2) is 0 Å². The zero-order valence-corrected chi connectivity index (χ0v) is 12.3. The van der Waals surface area contributed by atoms with Gasteiger partial charge < -0.3 is 10.5 Å². The Kier molecular flexibility index (Phi) is 5.26. The third-order valence-corrected chi connectivity index (χ3v) is 4.56. The Morgan fingerprint density at radius 3 is 2.63 bits per heavy atom. The Morgan fingerprint density at radius 1 is 1.32 bits per heavy atom. The van der Waals surface area contributed by atoms with E-state index >= 15 is 0 Å². The highest BCUT2D eigenvalue weighted by molar-refractivity contribution is 5.39. The highest BCUT2D eigenvalue weighted by atomic mass is 16.5. The van der Waals surface area contributed by atoms with Crippen molar-refractivity contribution in [1.29, 1.82) is 0 Å². The van der Waals surface area contributed by atoms with Crippen LogP contribution in [0.1, 0.15) is 56.1 Å². The Labute approximate surface area is 117 Å². The maximum Gasteiger partial charge on any atom is 0.122 e. The second kappa shape index (κ2) is 6.95. The molecule has 2 N–H and O–H groups in total. The van der Waals surface area contributed by atoms with Gasteiger partial charge in [0.25, 0.3) is 0 Å². The van der Waals surface area contributed by atoms with E-state index in [9.17, 15) is 0 Å². The second-order valence-electron chi connectivity index (χ2n) is 5.65. The van der Waals surface area contributed by atoms with Gasteiger partial charge in [-0.25, -0.2) is 0 Å². The molecule has 0 aromatic heterocycles. The van der Waals surface area contributed by atoms with Crippen LogP contribution >= 0.6 is 0 Å². The van der Waals surface area contributed by atoms with Crippen molar-refractivity contribution in [3.05, 3.63) is 29.3 Å². The molecule has 0 bridgehead atoms. The van der Waals surface area contributed by atoms with Crippen LogP contribution in [-0.2, 0) is 6.42 Å². The van der Waals surface area contributed by atoms with E-state index in [2.05, 4.69) is 25.1 Å². The van der Waals surface area contributed by atoms with Gasteiger partial charge in [0.2, 0.25) is 0 Å². The largest absolute Gasteiger partial charge is 0.496 e. The van der Waals surface area contributed by atoms with Crippen molar-refractivity contribution in [3.63, 3.8) is 0 Å². The van der Waals surface area contributed by atoms with Crippen molar-refractivity contribution < 1.29 is 4.74 Å². The van der Waals surface area contributed by atoms with Gasteiger partial charge in [0, 0.05) is 0 Å². The van der Waals surface area contributed by atoms with Gasteiger partial charge in [0.05, 0.1) is 7.11 Å². The molecular formula is C17H27NO. The molecule has 106 valence electrons. The van der Waals surface area contributed by atoms with Gasteiger partial charge in [-0.2, -0.15) is 0 Å². The lowest BCUT2D eigenvalue weighted by molar-refractivity contribution is 0.404. The number of benzene rings is 1. The lowest BCUT2D eigenvalue weighted by atomic mass is 9.82. The van der Waals surface area contributed by atoms with Gasteiger partial charge in [-0.05, 0) is 61.3 Å². The molecule has 0 heterocycles. The van der Waals surface area contributed by atoms with Crippen LogP contribution in [0, 0.1) is 5.92 Å². The fraction of sp³-hybridized carbons (Fsp3) is 0.647. The van der Waals surface area contributed by atoms with Gasteiger partial charge in [-0.3, -0.25) is 0 Å². The van der Waals surface area contributed by atoms with Crippen molar-refractivity contribution in [2.45, 2.75) is 51.4 Å². The molecule has 0 spiro atoms. The van der Waals surface area contributed by atoms with Gasteiger partial charge in [-0.15, -0.1) is 0 Å². The monoisotopic (exact) mass is 261 g/mol. The van der Waals surface area contributed by atoms with Crippen molar-refractivity contribution in [1.82, 2.24) is 0 Å². The van der Waals surface area contributed by atoms with Crippen LogP contribution in [0.5, 0.6) is 5.75 Å². The summed E-state index contributed by atoms with van der Waals surface area (Å²) in [6.45, 7) is 2.98. The fourth-order valence-electron chi connectivity index (χ4n) is 3.52. The molecule has 1 aromatic carbocycles. The van der Waals surface area contributed by atoms with Gasteiger partial charge >= 0.3 is 0 Å². The first-order valence-corrected chi connectivity index (χ1v) is 7.67. The third-order valence-electron chi connectivity index (χ3n) is 4.56. The lowest BCUT2D eigenvalue weighted by Crippen LogP contribution is -2.15. The maximum absolute atomic E-state index is 5.84. The third kappa shape index (κ3) is 3.30. The van der Waals surface area contributed by atoms with E-state index in [-0.39, 0.29) is 0 Å². The van der Waals surface area contributed by atoms with E-state index in [1.54, 1.807) is 7.11 Å². The molecule has 0 amide bonds. The summed E-state index contributed by atoms with van der Waals surface area (Å²) in [5.41, 5.74) is 8.62. The van der Waals surface area contributed by atoms with Crippen LogP contribution in [0.15, 0.2) is 18.2 Å². The van der Waals surface area contributed by atoms with E-state index in [0.29, 0.717) is 5.92 Å². The van der Waals surface area contributed by atoms with Crippen LogP contribution in [0.4, 0.5) is 0 Å². The summed E-state index contributed by atoms with van der Waals surface area (Å²) in [6, 6.07) is 6.72. The maximum atomic E-state index is 5.84. The van der Waals surface area contributed by atoms with Crippen LogP contribution < -0.4 is 10.5 Å². The average molecular weight is 261 g/mol. The molecular weight excluding hydrogens is 234 g/mol. The van der Waals surface area contributed by atoms with Crippen molar-refractivity contribution in [3.8, 4) is 5.75 Å². The standard InChI is InChI=1S/C17H27NO/c1-3-13-12-15(8-9-17(13)19-2)16(10-11-18)14-6-4-5-7-14/h8-9,12,14,16H,3-7,10-11,18H2,1-2H3. The van der Waals surface area contributed by atoms with E-state index in [4.69, 9.17) is 10.5 Å². The number of rotatable bonds is 6. The zero-order chi connectivity index (χ0) is 13.7. The Balaban J connectivity index is 2.25.